The number of unbranched alkanes of at least 4 members (excludes halogenated alkanes) is 1. The number of hydrogen-bond acceptors (Lipinski definition) is 3. The van der Waals surface area contributed by atoms with Gasteiger partial charge < -0.3 is 15.2 Å². The Morgan fingerprint density at radius 2 is 2.20 bits per heavy atom. The fraction of sp³-hybridized carbons (Fsp3) is 1.00. The van der Waals surface area contributed by atoms with Gasteiger partial charge in [0.25, 0.3) is 0 Å². The SMILES string of the molecule is CCCCC(COC)NCC1(O)CCC1. The molecule has 3 nitrogen and oxygen atoms in total. The van der Waals surface area contributed by atoms with Crippen LogP contribution in [0.5, 0.6) is 0 Å². The fourth-order valence-electron chi connectivity index (χ4n) is 1.99. The van der Waals surface area contributed by atoms with E-state index < -0.39 is 5.60 Å². The Morgan fingerprint density at radius 1 is 1.47 bits per heavy atom. The summed E-state index contributed by atoms with van der Waals surface area (Å²) in [6, 6.07) is 0.402. The second-order valence-electron chi connectivity index (χ2n) is 4.75. The lowest BCUT2D eigenvalue weighted by Gasteiger charge is -2.38. The topological polar surface area (TPSA) is 41.5 Å². The van der Waals surface area contributed by atoms with Crippen LogP contribution in [0.15, 0.2) is 0 Å². The highest BCUT2D eigenvalue weighted by atomic mass is 16.5. The van der Waals surface area contributed by atoms with E-state index in [2.05, 4.69) is 12.2 Å². The van der Waals surface area contributed by atoms with Crippen LogP contribution in [-0.2, 0) is 4.74 Å². The first-order chi connectivity index (χ1) is 7.20. The van der Waals surface area contributed by atoms with Crippen molar-refractivity contribution in [3.8, 4) is 0 Å². The molecule has 0 aliphatic heterocycles. The van der Waals surface area contributed by atoms with Crippen molar-refractivity contribution in [1.29, 1.82) is 0 Å². The second-order valence-corrected chi connectivity index (χ2v) is 4.75. The van der Waals surface area contributed by atoms with Crippen LogP contribution in [0.4, 0.5) is 0 Å². The third kappa shape index (κ3) is 4.49. The summed E-state index contributed by atoms with van der Waals surface area (Å²) >= 11 is 0. The van der Waals surface area contributed by atoms with Crippen molar-refractivity contribution in [2.45, 2.75) is 57.1 Å². The van der Waals surface area contributed by atoms with E-state index >= 15 is 0 Å². The number of ether oxygens (including phenoxy) is 1. The molecule has 0 bridgehead atoms. The van der Waals surface area contributed by atoms with Gasteiger partial charge in [-0.3, -0.25) is 0 Å². The van der Waals surface area contributed by atoms with Crippen molar-refractivity contribution >= 4 is 0 Å². The van der Waals surface area contributed by atoms with Gasteiger partial charge in [-0.2, -0.15) is 0 Å². The van der Waals surface area contributed by atoms with Gasteiger partial charge in [-0.1, -0.05) is 19.8 Å². The maximum atomic E-state index is 9.95. The molecule has 1 aliphatic carbocycles. The fourth-order valence-corrected chi connectivity index (χ4v) is 1.99. The lowest BCUT2D eigenvalue weighted by Crippen LogP contribution is -2.49. The van der Waals surface area contributed by atoms with Gasteiger partial charge in [-0.15, -0.1) is 0 Å². The van der Waals surface area contributed by atoms with E-state index in [9.17, 15) is 5.11 Å². The molecule has 90 valence electrons. The zero-order valence-electron chi connectivity index (χ0n) is 10.1. The average Bonchev–Trinajstić information content (AvgIpc) is 2.19. The Labute approximate surface area is 93.2 Å². The number of aliphatic hydroxyl groups is 1. The van der Waals surface area contributed by atoms with Crippen molar-refractivity contribution < 1.29 is 9.84 Å². The van der Waals surface area contributed by atoms with Gasteiger partial charge in [0.1, 0.15) is 0 Å². The van der Waals surface area contributed by atoms with E-state index in [4.69, 9.17) is 4.74 Å². The average molecular weight is 215 g/mol. The van der Waals surface area contributed by atoms with Crippen molar-refractivity contribution in [3.05, 3.63) is 0 Å². The van der Waals surface area contributed by atoms with Gasteiger partial charge in [0.05, 0.1) is 12.2 Å². The zero-order valence-corrected chi connectivity index (χ0v) is 10.1. The number of nitrogens with one attached hydrogen (secondary N) is 1. The van der Waals surface area contributed by atoms with Crippen LogP contribution in [-0.4, -0.2) is 37.0 Å². The van der Waals surface area contributed by atoms with E-state index in [-0.39, 0.29) is 0 Å². The van der Waals surface area contributed by atoms with Gasteiger partial charge >= 0.3 is 0 Å². The molecule has 15 heavy (non-hydrogen) atoms. The Kier molecular flexibility index (Phi) is 5.58. The van der Waals surface area contributed by atoms with E-state index in [1.165, 1.54) is 19.3 Å². The molecule has 1 unspecified atom stereocenters. The highest BCUT2D eigenvalue weighted by Gasteiger charge is 2.34. The molecule has 0 aromatic rings. The molecule has 0 radical (unpaired) electrons. The molecule has 0 amide bonds. The standard InChI is InChI=1S/C12H25NO2/c1-3-4-6-11(9-15-2)13-10-12(14)7-5-8-12/h11,13-14H,3-10H2,1-2H3. The summed E-state index contributed by atoms with van der Waals surface area (Å²) in [5.74, 6) is 0. The molecule has 1 aliphatic rings. The predicted molar refractivity (Wildman–Crippen MR) is 62.0 cm³/mol. The Bertz CT molecular complexity index is 169. The summed E-state index contributed by atoms with van der Waals surface area (Å²) < 4.78 is 5.17. The number of methoxy groups -OCH3 is 1. The van der Waals surface area contributed by atoms with Crippen LogP contribution < -0.4 is 5.32 Å². The van der Waals surface area contributed by atoms with Crippen molar-refractivity contribution in [1.82, 2.24) is 5.32 Å². The smallest absolute Gasteiger partial charge is 0.0771 e. The molecular weight excluding hydrogens is 190 g/mol. The highest BCUT2D eigenvalue weighted by Crippen LogP contribution is 2.30. The lowest BCUT2D eigenvalue weighted by molar-refractivity contribution is -0.0351. The van der Waals surface area contributed by atoms with Gasteiger partial charge in [0.2, 0.25) is 0 Å². The first-order valence-corrected chi connectivity index (χ1v) is 6.15. The van der Waals surface area contributed by atoms with Gasteiger partial charge in [-0.05, 0) is 25.7 Å². The van der Waals surface area contributed by atoms with Crippen LogP contribution in [0.1, 0.15) is 45.4 Å². The van der Waals surface area contributed by atoms with Crippen molar-refractivity contribution in [3.63, 3.8) is 0 Å². The quantitative estimate of drug-likeness (QED) is 0.647. The molecule has 0 spiro atoms. The molecule has 3 heteroatoms. The summed E-state index contributed by atoms with van der Waals surface area (Å²) in [4.78, 5) is 0. The largest absolute Gasteiger partial charge is 0.389 e. The molecule has 1 fully saturated rings. The monoisotopic (exact) mass is 215 g/mol. The predicted octanol–water partition coefficient (Wildman–Crippen LogP) is 1.70. The van der Waals surface area contributed by atoms with Gasteiger partial charge in [-0.25, -0.2) is 0 Å². The minimum Gasteiger partial charge on any atom is -0.389 e. The Hall–Kier alpha value is -0.120. The Balaban J connectivity index is 2.17. The normalized spacial score (nSPS) is 21.0. The summed E-state index contributed by atoms with van der Waals surface area (Å²) in [6.45, 7) is 3.67. The number of rotatable bonds is 8. The molecule has 0 aromatic heterocycles. The minimum absolute atomic E-state index is 0.402. The minimum atomic E-state index is -0.418. The van der Waals surface area contributed by atoms with Crippen LogP contribution in [0.2, 0.25) is 0 Å². The third-order valence-electron chi connectivity index (χ3n) is 3.28. The summed E-state index contributed by atoms with van der Waals surface area (Å²) in [5, 5.41) is 13.4. The van der Waals surface area contributed by atoms with Crippen molar-refractivity contribution in [2.75, 3.05) is 20.3 Å². The van der Waals surface area contributed by atoms with E-state index in [0.29, 0.717) is 6.04 Å². The molecule has 0 heterocycles. The molecule has 1 atom stereocenters. The summed E-state index contributed by atoms with van der Waals surface area (Å²) in [7, 11) is 1.73. The summed E-state index contributed by atoms with van der Waals surface area (Å²) in [6.07, 6.45) is 6.65. The van der Waals surface area contributed by atoms with Crippen LogP contribution >= 0.6 is 0 Å². The van der Waals surface area contributed by atoms with Gasteiger partial charge in [0, 0.05) is 19.7 Å². The molecular formula is C12H25NO2. The number of hydrogen-bond donors (Lipinski definition) is 2. The van der Waals surface area contributed by atoms with E-state index in [1.807, 2.05) is 0 Å². The maximum absolute atomic E-state index is 9.95. The third-order valence-corrected chi connectivity index (χ3v) is 3.28. The van der Waals surface area contributed by atoms with Gasteiger partial charge in [0.15, 0.2) is 0 Å². The van der Waals surface area contributed by atoms with E-state index in [1.54, 1.807) is 7.11 Å². The molecule has 0 aromatic carbocycles. The van der Waals surface area contributed by atoms with Crippen LogP contribution in [0.25, 0.3) is 0 Å². The summed E-state index contributed by atoms with van der Waals surface area (Å²) in [5.41, 5.74) is -0.418. The van der Waals surface area contributed by atoms with Crippen LogP contribution in [0, 0.1) is 0 Å². The zero-order chi connectivity index (χ0) is 11.1. The molecule has 2 N–H and O–H groups in total. The lowest BCUT2D eigenvalue weighted by atomic mass is 9.80. The maximum Gasteiger partial charge on any atom is 0.0771 e. The second kappa shape index (κ2) is 6.46. The van der Waals surface area contributed by atoms with Crippen molar-refractivity contribution in [2.24, 2.45) is 0 Å². The molecule has 0 saturated heterocycles. The Morgan fingerprint density at radius 3 is 2.67 bits per heavy atom. The molecule has 1 saturated carbocycles. The molecule has 1 rings (SSSR count). The van der Waals surface area contributed by atoms with E-state index in [0.717, 1.165) is 32.4 Å². The van der Waals surface area contributed by atoms with Crippen LogP contribution in [0.3, 0.4) is 0 Å². The highest BCUT2D eigenvalue weighted by molar-refractivity contribution is 4.90. The first-order valence-electron chi connectivity index (χ1n) is 6.15. The first kappa shape index (κ1) is 12.9.